The second kappa shape index (κ2) is 6.85. The van der Waals surface area contributed by atoms with Crippen LogP contribution in [0.3, 0.4) is 0 Å². The number of anilines is 1. The minimum Gasteiger partial charge on any atom is -0.462 e. The van der Waals surface area contributed by atoms with E-state index in [1.54, 1.807) is 37.3 Å². The summed E-state index contributed by atoms with van der Waals surface area (Å²) in [5, 5.41) is 2.76. The Balaban J connectivity index is 2.10. The molecule has 22 heavy (non-hydrogen) atoms. The number of carbonyl (C=O) groups is 2. The van der Waals surface area contributed by atoms with E-state index in [1.165, 1.54) is 0 Å². The summed E-state index contributed by atoms with van der Waals surface area (Å²) in [6.07, 6.45) is 0. The Morgan fingerprint density at radius 2 is 1.82 bits per heavy atom. The number of nitrogens with one attached hydrogen (secondary N) is 1. The summed E-state index contributed by atoms with van der Waals surface area (Å²) >= 11 is 0. The van der Waals surface area contributed by atoms with Crippen LogP contribution in [0.15, 0.2) is 36.4 Å². The van der Waals surface area contributed by atoms with Crippen molar-refractivity contribution in [1.82, 2.24) is 4.98 Å². The maximum Gasteiger partial charge on any atom is 0.338 e. The molecule has 0 saturated heterocycles. The summed E-state index contributed by atoms with van der Waals surface area (Å²) < 4.78 is 4.91. The summed E-state index contributed by atoms with van der Waals surface area (Å²) in [7, 11) is 0. The molecule has 1 amide bonds. The first-order valence-electron chi connectivity index (χ1n) is 7.03. The fraction of sp³-hybridized carbons (Fsp3) is 0.235. The number of hydrogen-bond donors (Lipinski definition) is 1. The highest BCUT2D eigenvalue weighted by Crippen LogP contribution is 2.13. The summed E-state index contributed by atoms with van der Waals surface area (Å²) in [5.74, 6) is -0.660. The van der Waals surface area contributed by atoms with E-state index in [-0.39, 0.29) is 11.9 Å². The summed E-state index contributed by atoms with van der Waals surface area (Å²) in [4.78, 5) is 27.9. The van der Waals surface area contributed by atoms with E-state index in [9.17, 15) is 9.59 Å². The molecule has 1 aromatic carbocycles. The van der Waals surface area contributed by atoms with Gasteiger partial charge in [-0.15, -0.1) is 0 Å². The van der Waals surface area contributed by atoms with Crippen LogP contribution in [0.4, 0.5) is 5.69 Å². The number of carbonyl (C=O) groups excluding carboxylic acids is 2. The lowest BCUT2D eigenvalue weighted by atomic mass is 10.2. The van der Waals surface area contributed by atoms with Crippen LogP contribution in [0.2, 0.25) is 0 Å². The summed E-state index contributed by atoms with van der Waals surface area (Å²) in [5.41, 5.74) is 3.19. The van der Waals surface area contributed by atoms with Crippen molar-refractivity contribution in [3.05, 3.63) is 58.9 Å². The average Bonchev–Trinajstić information content (AvgIpc) is 2.47. The van der Waals surface area contributed by atoms with Gasteiger partial charge in [-0.2, -0.15) is 0 Å². The third kappa shape index (κ3) is 3.91. The van der Waals surface area contributed by atoms with Crippen molar-refractivity contribution in [2.45, 2.75) is 20.8 Å². The number of nitrogens with zero attached hydrogens (tertiary/aromatic N) is 1. The molecule has 2 rings (SSSR count). The largest absolute Gasteiger partial charge is 0.462 e. The Morgan fingerprint density at radius 3 is 2.41 bits per heavy atom. The third-order valence-electron chi connectivity index (χ3n) is 2.98. The van der Waals surface area contributed by atoms with Crippen molar-refractivity contribution in [3.63, 3.8) is 0 Å². The molecule has 0 aliphatic rings. The summed E-state index contributed by atoms with van der Waals surface area (Å²) in [6, 6.07) is 10.2. The molecule has 1 heterocycles. The highest BCUT2D eigenvalue weighted by atomic mass is 16.5. The molecule has 2 aromatic rings. The lowest BCUT2D eigenvalue weighted by molar-refractivity contribution is 0.0526. The molecule has 0 spiro atoms. The second-order valence-electron chi connectivity index (χ2n) is 4.92. The zero-order valence-electron chi connectivity index (χ0n) is 12.8. The highest BCUT2D eigenvalue weighted by Gasteiger charge is 2.10. The molecule has 114 valence electrons. The molecule has 0 atom stereocenters. The van der Waals surface area contributed by atoms with Gasteiger partial charge < -0.3 is 10.1 Å². The van der Waals surface area contributed by atoms with Gasteiger partial charge in [-0.1, -0.05) is 0 Å². The van der Waals surface area contributed by atoms with Crippen LogP contribution in [-0.2, 0) is 4.74 Å². The molecule has 0 unspecified atom stereocenters. The molecule has 0 bridgehead atoms. The normalized spacial score (nSPS) is 10.1. The Morgan fingerprint density at radius 1 is 1.14 bits per heavy atom. The SMILES string of the molecule is CCOC(=O)c1ccc(NC(=O)c2cc(C)cc(C)n2)cc1. The molecule has 0 aliphatic heterocycles. The molecular weight excluding hydrogens is 280 g/mol. The highest BCUT2D eigenvalue weighted by molar-refractivity contribution is 6.03. The minimum absolute atomic E-state index is 0.282. The lowest BCUT2D eigenvalue weighted by Gasteiger charge is -2.07. The van der Waals surface area contributed by atoms with Crippen LogP contribution >= 0.6 is 0 Å². The molecular formula is C17H18N2O3. The number of amides is 1. The molecule has 0 fully saturated rings. The molecule has 0 saturated carbocycles. The van der Waals surface area contributed by atoms with Gasteiger partial charge in [0.25, 0.3) is 5.91 Å². The van der Waals surface area contributed by atoms with Crippen molar-refractivity contribution >= 4 is 17.6 Å². The van der Waals surface area contributed by atoms with Crippen LogP contribution in [0.25, 0.3) is 0 Å². The van der Waals surface area contributed by atoms with E-state index >= 15 is 0 Å². The Bertz CT molecular complexity index is 673. The van der Waals surface area contributed by atoms with E-state index in [0.717, 1.165) is 11.3 Å². The number of esters is 1. The van der Waals surface area contributed by atoms with Gasteiger partial charge in [0.05, 0.1) is 12.2 Å². The van der Waals surface area contributed by atoms with E-state index in [0.29, 0.717) is 23.6 Å². The van der Waals surface area contributed by atoms with Crippen LogP contribution in [0.5, 0.6) is 0 Å². The van der Waals surface area contributed by atoms with Crippen molar-refractivity contribution in [2.24, 2.45) is 0 Å². The first-order chi connectivity index (χ1) is 10.5. The monoisotopic (exact) mass is 298 g/mol. The molecule has 1 N–H and O–H groups in total. The van der Waals surface area contributed by atoms with Gasteiger partial charge in [0.15, 0.2) is 0 Å². The number of ether oxygens (including phenoxy) is 1. The maximum absolute atomic E-state index is 12.2. The van der Waals surface area contributed by atoms with E-state index in [2.05, 4.69) is 10.3 Å². The zero-order valence-corrected chi connectivity index (χ0v) is 12.8. The average molecular weight is 298 g/mol. The summed E-state index contributed by atoms with van der Waals surface area (Å²) in [6.45, 7) is 5.84. The number of rotatable bonds is 4. The van der Waals surface area contributed by atoms with E-state index in [1.807, 2.05) is 19.9 Å². The van der Waals surface area contributed by atoms with Gasteiger partial charge in [-0.25, -0.2) is 9.78 Å². The number of pyridine rings is 1. The molecule has 5 heteroatoms. The van der Waals surface area contributed by atoms with E-state index < -0.39 is 0 Å². The number of benzene rings is 1. The first kappa shape index (κ1) is 15.7. The number of aryl methyl sites for hydroxylation is 2. The van der Waals surface area contributed by atoms with E-state index in [4.69, 9.17) is 4.74 Å². The second-order valence-corrected chi connectivity index (χ2v) is 4.92. The molecule has 5 nitrogen and oxygen atoms in total. The van der Waals surface area contributed by atoms with Crippen LogP contribution in [0, 0.1) is 13.8 Å². The predicted octanol–water partition coefficient (Wildman–Crippen LogP) is 3.13. The van der Waals surface area contributed by atoms with Crippen LogP contribution in [-0.4, -0.2) is 23.5 Å². The Kier molecular flexibility index (Phi) is 4.88. The van der Waals surface area contributed by atoms with Crippen molar-refractivity contribution in [2.75, 3.05) is 11.9 Å². The molecule has 0 radical (unpaired) electrons. The minimum atomic E-state index is -0.378. The Hall–Kier alpha value is -2.69. The quantitative estimate of drug-likeness (QED) is 0.881. The van der Waals surface area contributed by atoms with Gasteiger partial charge in [-0.3, -0.25) is 4.79 Å². The van der Waals surface area contributed by atoms with Crippen molar-refractivity contribution in [1.29, 1.82) is 0 Å². The lowest BCUT2D eigenvalue weighted by Crippen LogP contribution is -2.14. The standard InChI is InChI=1S/C17H18N2O3/c1-4-22-17(21)13-5-7-14(8-6-13)19-16(20)15-10-11(2)9-12(3)18-15/h5-10H,4H2,1-3H3,(H,19,20). The third-order valence-corrected chi connectivity index (χ3v) is 2.98. The van der Waals surface area contributed by atoms with Crippen molar-refractivity contribution in [3.8, 4) is 0 Å². The molecule has 0 aliphatic carbocycles. The van der Waals surface area contributed by atoms with Crippen LogP contribution in [0.1, 0.15) is 39.0 Å². The maximum atomic E-state index is 12.2. The first-order valence-corrected chi connectivity index (χ1v) is 7.03. The van der Waals surface area contributed by atoms with Gasteiger partial charge in [0, 0.05) is 11.4 Å². The fourth-order valence-corrected chi connectivity index (χ4v) is 2.06. The zero-order chi connectivity index (χ0) is 16.1. The smallest absolute Gasteiger partial charge is 0.338 e. The predicted molar refractivity (Wildman–Crippen MR) is 84.1 cm³/mol. The van der Waals surface area contributed by atoms with Crippen LogP contribution < -0.4 is 5.32 Å². The fourth-order valence-electron chi connectivity index (χ4n) is 2.06. The Labute approximate surface area is 129 Å². The van der Waals surface area contributed by atoms with Gasteiger partial charge in [0.2, 0.25) is 0 Å². The number of hydrogen-bond acceptors (Lipinski definition) is 4. The van der Waals surface area contributed by atoms with Crippen molar-refractivity contribution < 1.29 is 14.3 Å². The molecule has 1 aromatic heterocycles. The van der Waals surface area contributed by atoms with Gasteiger partial charge in [-0.05, 0) is 62.7 Å². The van der Waals surface area contributed by atoms with Gasteiger partial charge >= 0.3 is 5.97 Å². The number of aromatic nitrogens is 1. The van der Waals surface area contributed by atoms with Gasteiger partial charge in [0.1, 0.15) is 5.69 Å². The topological polar surface area (TPSA) is 68.3 Å².